The molecule has 58 valence electrons. The topological polar surface area (TPSA) is 44.1 Å². The molecule has 0 N–H and O–H groups in total. The largest absolute Gasteiger partial charge is 0.305 e. The maximum absolute atomic E-state index is 11.2. The molecule has 3 nitrogen and oxygen atoms in total. The lowest BCUT2D eigenvalue weighted by molar-refractivity contribution is -0.129. The Labute approximate surface area is 65.9 Å². The van der Waals surface area contributed by atoms with Gasteiger partial charge in [-0.1, -0.05) is 13.0 Å². The van der Waals surface area contributed by atoms with Gasteiger partial charge in [0.15, 0.2) is 0 Å². The Kier molecular flexibility index (Phi) is 2.27. The highest BCUT2D eigenvalue weighted by Crippen LogP contribution is 2.16. The van der Waals surface area contributed by atoms with E-state index in [0.29, 0.717) is 0 Å². The van der Waals surface area contributed by atoms with Crippen molar-refractivity contribution in [2.45, 2.75) is 13.3 Å². The van der Waals surface area contributed by atoms with E-state index in [0.717, 1.165) is 6.42 Å². The summed E-state index contributed by atoms with van der Waals surface area (Å²) in [7, 11) is 0. The highest BCUT2D eigenvalue weighted by Gasteiger charge is 2.24. The second-order valence-corrected chi connectivity index (χ2v) is 2.48. The molecule has 3 heteroatoms. The van der Waals surface area contributed by atoms with Crippen LogP contribution in [0.2, 0.25) is 0 Å². The van der Waals surface area contributed by atoms with Crippen molar-refractivity contribution in [2.75, 3.05) is 6.54 Å². The first-order valence-electron chi connectivity index (χ1n) is 3.65. The number of nitriles is 1. The second-order valence-electron chi connectivity index (χ2n) is 2.48. The number of rotatable bonds is 2. The molecule has 11 heavy (non-hydrogen) atoms. The Balaban J connectivity index is 2.58. The highest BCUT2D eigenvalue weighted by molar-refractivity contribution is 5.84. The lowest BCUT2D eigenvalue weighted by atomic mass is 10.1. The molecule has 0 aromatic carbocycles. The van der Waals surface area contributed by atoms with Crippen LogP contribution in [0.4, 0.5) is 0 Å². The first-order valence-corrected chi connectivity index (χ1v) is 3.65. The summed E-state index contributed by atoms with van der Waals surface area (Å²) in [4.78, 5) is 12.7. The molecule has 0 spiro atoms. The Bertz CT molecular complexity index is 227. The standard InChI is InChI=1S/C8H10N2O/c1-2-7-3-5-10(6-4-9)8(7)11/h3,5,7H,2,6H2,1H3. The zero-order valence-electron chi connectivity index (χ0n) is 6.45. The maximum Gasteiger partial charge on any atom is 0.234 e. The van der Waals surface area contributed by atoms with E-state index in [9.17, 15) is 4.79 Å². The molecule has 1 aliphatic rings. The molecule has 1 aliphatic heterocycles. The minimum absolute atomic E-state index is 0.00310. The molecule has 0 aromatic rings. The van der Waals surface area contributed by atoms with Gasteiger partial charge in [0.05, 0.1) is 12.0 Å². The molecule has 0 aromatic heterocycles. The summed E-state index contributed by atoms with van der Waals surface area (Å²) in [5, 5.41) is 8.33. The SMILES string of the molecule is CCC1C=CN(CC#N)C1=O. The number of carbonyl (C=O) groups excluding carboxylic acids is 1. The first-order chi connectivity index (χ1) is 5.29. The minimum Gasteiger partial charge on any atom is -0.305 e. The molecule has 1 rings (SSSR count). The minimum atomic E-state index is 0.00310. The molecule has 1 heterocycles. The van der Waals surface area contributed by atoms with E-state index in [2.05, 4.69) is 0 Å². The normalized spacial score (nSPS) is 22.4. The number of carbonyl (C=O) groups is 1. The predicted octanol–water partition coefficient (Wildman–Crippen LogP) is 0.892. The Morgan fingerprint density at radius 1 is 1.82 bits per heavy atom. The van der Waals surface area contributed by atoms with Gasteiger partial charge in [-0.15, -0.1) is 0 Å². The van der Waals surface area contributed by atoms with Gasteiger partial charge in [0.2, 0.25) is 5.91 Å². The fourth-order valence-corrected chi connectivity index (χ4v) is 1.09. The summed E-state index contributed by atoms with van der Waals surface area (Å²) in [5.74, 6) is 0.0531. The quantitative estimate of drug-likeness (QED) is 0.549. The van der Waals surface area contributed by atoms with Crippen LogP contribution in [0.1, 0.15) is 13.3 Å². The van der Waals surface area contributed by atoms with Crippen molar-refractivity contribution in [3.8, 4) is 6.07 Å². The van der Waals surface area contributed by atoms with E-state index in [4.69, 9.17) is 5.26 Å². The summed E-state index contributed by atoms with van der Waals surface area (Å²) in [5.41, 5.74) is 0. The highest BCUT2D eigenvalue weighted by atomic mass is 16.2. The van der Waals surface area contributed by atoms with Gasteiger partial charge >= 0.3 is 0 Å². The number of nitrogens with zero attached hydrogens (tertiary/aromatic N) is 2. The van der Waals surface area contributed by atoms with Crippen LogP contribution in [0.5, 0.6) is 0 Å². The van der Waals surface area contributed by atoms with E-state index in [1.54, 1.807) is 6.20 Å². The molecule has 0 radical (unpaired) electrons. The molecule has 0 aliphatic carbocycles. The van der Waals surface area contributed by atoms with Crippen LogP contribution >= 0.6 is 0 Å². The Morgan fingerprint density at radius 3 is 3.00 bits per heavy atom. The van der Waals surface area contributed by atoms with Gasteiger partial charge in [0.25, 0.3) is 0 Å². The van der Waals surface area contributed by atoms with Crippen LogP contribution < -0.4 is 0 Å². The number of hydrogen-bond acceptors (Lipinski definition) is 2. The summed E-state index contributed by atoms with van der Waals surface area (Å²) < 4.78 is 0. The van der Waals surface area contributed by atoms with Crippen molar-refractivity contribution in [3.63, 3.8) is 0 Å². The second kappa shape index (κ2) is 3.20. The summed E-state index contributed by atoms with van der Waals surface area (Å²) in [6.07, 6.45) is 4.36. The van der Waals surface area contributed by atoms with Gasteiger partial charge < -0.3 is 4.90 Å². The third-order valence-corrected chi connectivity index (χ3v) is 1.78. The van der Waals surface area contributed by atoms with Gasteiger partial charge in [0.1, 0.15) is 6.54 Å². The van der Waals surface area contributed by atoms with Crippen molar-refractivity contribution in [1.82, 2.24) is 4.90 Å². The van der Waals surface area contributed by atoms with Gasteiger partial charge in [-0.25, -0.2) is 0 Å². The van der Waals surface area contributed by atoms with Crippen LogP contribution in [-0.4, -0.2) is 17.4 Å². The van der Waals surface area contributed by atoms with Gasteiger partial charge in [-0.05, 0) is 6.42 Å². The van der Waals surface area contributed by atoms with Gasteiger partial charge in [0, 0.05) is 6.20 Å². The fraction of sp³-hybridized carbons (Fsp3) is 0.500. The predicted molar refractivity (Wildman–Crippen MR) is 40.2 cm³/mol. The van der Waals surface area contributed by atoms with Crippen molar-refractivity contribution in [1.29, 1.82) is 5.26 Å². The maximum atomic E-state index is 11.2. The molecule has 1 unspecified atom stereocenters. The molecular weight excluding hydrogens is 140 g/mol. The third kappa shape index (κ3) is 1.40. The summed E-state index contributed by atoms with van der Waals surface area (Å²) >= 11 is 0. The molecular formula is C8H10N2O. The number of amides is 1. The first kappa shape index (κ1) is 7.80. The zero-order chi connectivity index (χ0) is 8.27. The van der Waals surface area contributed by atoms with Gasteiger partial charge in [-0.3, -0.25) is 4.79 Å². The average molecular weight is 150 g/mol. The Hall–Kier alpha value is -1.30. The fourth-order valence-electron chi connectivity index (χ4n) is 1.09. The van der Waals surface area contributed by atoms with Crippen LogP contribution in [0.3, 0.4) is 0 Å². The third-order valence-electron chi connectivity index (χ3n) is 1.78. The van der Waals surface area contributed by atoms with Crippen molar-refractivity contribution < 1.29 is 4.79 Å². The van der Waals surface area contributed by atoms with E-state index in [1.165, 1.54) is 4.90 Å². The van der Waals surface area contributed by atoms with Crippen molar-refractivity contribution in [2.24, 2.45) is 5.92 Å². The van der Waals surface area contributed by atoms with Gasteiger partial charge in [-0.2, -0.15) is 5.26 Å². The lowest BCUT2D eigenvalue weighted by Gasteiger charge is -2.10. The van der Waals surface area contributed by atoms with Crippen LogP contribution in [0, 0.1) is 17.2 Å². The van der Waals surface area contributed by atoms with E-state index >= 15 is 0 Å². The smallest absolute Gasteiger partial charge is 0.234 e. The van der Waals surface area contributed by atoms with E-state index in [1.807, 2.05) is 19.1 Å². The monoisotopic (exact) mass is 150 g/mol. The molecule has 0 saturated heterocycles. The molecule has 0 fully saturated rings. The number of hydrogen-bond donors (Lipinski definition) is 0. The van der Waals surface area contributed by atoms with E-state index in [-0.39, 0.29) is 18.4 Å². The van der Waals surface area contributed by atoms with Crippen LogP contribution in [0.15, 0.2) is 12.3 Å². The average Bonchev–Trinajstić information content (AvgIpc) is 2.34. The molecule has 0 bridgehead atoms. The van der Waals surface area contributed by atoms with Crippen molar-refractivity contribution in [3.05, 3.63) is 12.3 Å². The summed E-state index contributed by atoms with van der Waals surface area (Å²) in [6.45, 7) is 2.13. The Morgan fingerprint density at radius 2 is 2.55 bits per heavy atom. The summed E-state index contributed by atoms with van der Waals surface area (Å²) in [6, 6.07) is 1.94. The van der Waals surface area contributed by atoms with Crippen LogP contribution in [-0.2, 0) is 4.79 Å². The molecule has 1 amide bonds. The molecule has 0 saturated carbocycles. The van der Waals surface area contributed by atoms with E-state index < -0.39 is 0 Å². The molecule has 1 atom stereocenters. The lowest BCUT2D eigenvalue weighted by Crippen LogP contribution is -2.25. The van der Waals surface area contributed by atoms with Crippen LogP contribution in [0.25, 0.3) is 0 Å². The van der Waals surface area contributed by atoms with Crippen molar-refractivity contribution >= 4 is 5.91 Å². The zero-order valence-corrected chi connectivity index (χ0v) is 6.45.